The molecule has 0 saturated heterocycles. The van der Waals surface area contributed by atoms with Gasteiger partial charge in [0.05, 0.1) is 0 Å². The first-order chi connectivity index (χ1) is 4.31. The van der Waals surface area contributed by atoms with Crippen molar-refractivity contribution in [1.82, 2.24) is 0 Å². The summed E-state index contributed by atoms with van der Waals surface area (Å²) in [4.78, 5) is 0. The van der Waals surface area contributed by atoms with E-state index in [1.165, 1.54) is 0 Å². The maximum atomic E-state index is 5.18. The van der Waals surface area contributed by atoms with Gasteiger partial charge in [-0.1, -0.05) is 13.5 Å². The summed E-state index contributed by atoms with van der Waals surface area (Å²) in [6, 6.07) is 0. The molecule has 0 aliphatic carbocycles. The van der Waals surface area contributed by atoms with E-state index in [1.807, 2.05) is 27.2 Å². The van der Waals surface area contributed by atoms with Gasteiger partial charge in [0.15, 0.2) is 0 Å². The minimum absolute atomic E-state index is 0. The van der Waals surface area contributed by atoms with Gasteiger partial charge in [0.2, 0.25) is 0 Å². The molecule has 1 nitrogen and oxygen atoms in total. The van der Waals surface area contributed by atoms with Crippen molar-refractivity contribution < 1.29 is 70.2 Å². The van der Waals surface area contributed by atoms with E-state index in [0.717, 1.165) is 12.2 Å². The third-order valence-electron chi connectivity index (χ3n) is 1.03. The fourth-order valence-corrected chi connectivity index (χ4v) is 0.402. The van der Waals surface area contributed by atoms with Crippen molar-refractivity contribution in [3.63, 3.8) is 0 Å². The summed E-state index contributed by atoms with van der Waals surface area (Å²) in [5.74, 6) is 0. The van der Waals surface area contributed by atoms with Gasteiger partial charge >= 0.3 is 32.7 Å². The molecular formula is C9H17OY2. The molecule has 0 heterocycles. The minimum Gasteiger partial charge on any atom is -0.498 e. The van der Waals surface area contributed by atoms with E-state index >= 15 is 0 Å². The maximum Gasteiger partial charge on any atom is 3.00 e. The Morgan fingerprint density at radius 1 is 1.50 bits per heavy atom. The van der Waals surface area contributed by atoms with Crippen LogP contribution in [0.2, 0.25) is 0 Å². The molecule has 0 N–H and O–H groups in total. The van der Waals surface area contributed by atoms with Gasteiger partial charge in [-0.15, -0.1) is 0 Å². The normalized spacial score (nSPS) is 9.08. The quantitative estimate of drug-likeness (QED) is 0.571. The minimum atomic E-state index is 0. The van der Waals surface area contributed by atoms with Crippen LogP contribution in [0.5, 0.6) is 0 Å². The summed E-state index contributed by atoms with van der Waals surface area (Å²) in [5.41, 5.74) is 1.16. The maximum absolute atomic E-state index is 5.18. The number of ether oxygens (including phenoxy) is 1. The summed E-state index contributed by atoms with van der Waals surface area (Å²) in [6.45, 7) is 7.33. The molecule has 12 heavy (non-hydrogen) atoms. The first-order valence-electron chi connectivity index (χ1n) is 3.17. The van der Waals surface area contributed by atoms with E-state index in [2.05, 4.69) is 6.08 Å². The molecule has 0 atom stereocenters. The van der Waals surface area contributed by atoms with E-state index in [1.54, 1.807) is 0 Å². The van der Waals surface area contributed by atoms with E-state index in [4.69, 9.17) is 4.74 Å². The topological polar surface area (TPSA) is 9.23 Å². The molecule has 0 spiro atoms. The molecule has 0 unspecified atom stereocenters. The van der Waals surface area contributed by atoms with Gasteiger partial charge < -0.3 is 24.7 Å². The average molecular weight is 319 g/mol. The summed E-state index contributed by atoms with van der Waals surface area (Å²) in [6.07, 6.45) is 4.99. The first kappa shape index (κ1) is 23.6. The van der Waals surface area contributed by atoms with Crippen LogP contribution < -0.4 is 0 Å². The van der Waals surface area contributed by atoms with Crippen molar-refractivity contribution in [2.45, 2.75) is 20.8 Å². The molecule has 0 aromatic carbocycles. The summed E-state index contributed by atoms with van der Waals surface area (Å²) in [7, 11) is 0. The van der Waals surface area contributed by atoms with Crippen LogP contribution >= 0.6 is 0 Å². The molecule has 0 aliphatic rings. The van der Waals surface area contributed by atoms with Crippen LogP contribution in [0.25, 0.3) is 0 Å². The van der Waals surface area contributed by atoms with Crippen molar-refractivity contribution in [2.75, 3.05) is 13.2 Å². The largest absolute Gasteiger partial charge is 3.00 e. The predicted molar refractivity (Wildman–Crippen MR) is 45.3 cm³/mol. The molecule has 0 bridgehead atoms. The summed E-state index contributed by atoms with van der Waals surface area (Å²) in [5, 5.41) is 0. The second-order valence-electron chi connectivity index (χ2n) is 1.95. The van der Waals surface area contributed by atoms with Crippen LogP contribution in [0.15, 0.2) is 5.57 Å². The van der Waals surface area contributed by atoms with Crippen LogP contribution in [0.3, 0.4) is 0 Å². The van der Waals surface area contributed by atoms with Crippen molar-refractivity contribution in [3.05, 3.63) is 25.5 Å². The smallest absolute Gasteiger partial charge is 0.498 e. The van der Waals surface area contributed by atoms with Crippen molar-refractivity contribution >= 4 is 0 Å². The van der Waals surface area contributed by atoms with Gasteiger partial charge in [0.1, 0.15) is 0 Å². The average Bonchev–Trinajstić information content (AvgIpc) is 1.89. The standard InChI is InChI=1S/C8H14O.CH3.2Y/c1-4-6-9-7-8(3)5-2;;;/h4H,6-7H2,1-3H3;1H3;;/q-2;-1;;+3. The van der Waals surface area contributed by atoms with Crippen LogP contribution in [-0.2, 0) is 70.2 Å². The molecule has 65 valence electrons. The fraction of sp³-hybridized carbons (Fsp3) is 0.556. The summed E-state index contributed by atoms with van der Waals surface area (Å²) >= 11 is 0. The van der Waals surface area contributed by atoms with Gasteiger partial charge in [-0.3, -0.25) is 0 Å². The molecule has 0 rings (SSSR count). The van der Waals surface area contributed by atoms with Crippen LogP contribution in [0, 0.1) is 19.9 Å². The van der Waals surface area contributed by atoms with E-state index < -0.39 is 0 Å². The number of allylic oxidation sites excluding steroid dienone is 1. The Morgan fingerprint density at radius 2 is 2.00 bits per heavy atom. The van der Waals surface area contributed by atoms with Crippen LogP contribution in [0.1, 0.15) is 20.8 Å². The zero-order valence-corrected chi connectivity index (χ0v) is 14.2. The molecule has 1 radical (unpaired) electrons. The van der Waals surface area contributed by atoms with E-state index in [0.29, 0.717) is 6.61 Å². The van der Waals surface area contributed by atoms with Crippen molar-refractivity contribution in [3.8, 4) is 0 Å². The van der Waals surface area contributed by atoms with Gasteiger partial charge in [0.25, 0.3) is 0 Å². The Balaban J connectivity index is -0.000000107. The van der Waals surface area contributed by atoms with Crippen molar-refractivity contribution in [2.24, 2.45) is 0 Å². The Hall–Kier alpha value is 1.91. The monoisotopic (exact) mass is 319 g/mol. The van der Waals surface area contributed by atoms with Crippen LogP contribution in [0.4, 0.5) is 0 Å². The molecule has 0 aliphatic heterocycles. The molecule has 0 aromatic rings. The predicted octanol–water partition coefficient (Wildman–Crippen LogP) is 2.44. The second-order valence-corrected chi connectivity index (χ2v) is 1.95. The van der Waals surface area contributed by atoms with Gasteiger partial charge in [-0.25, -0.2) is 5.57 Å². The zero-order valence-electron chi connectivity index (χ0n) is 8.55. The molecule has 0 fully saturated rings. The number of hydrogen-bond donors (Lipinski definition) is 0. The van der Waals surface area contributed by atoms with Gasteiger partial charge in [-0.05, 0) is 0 Å². The number of hydrogen-bond acceptors (Lipinski definition) is 1. The molecule has 0 amide bonds. The SMILES string of the molecule is C[C-]=C(C)COC[CH-]C.[CH3-].[Y+3].[Y]. The first-order valence-corrected chi connectivity index (χ1v) is 3.17. The fourth-order valence-electron chi connectivity index (χ4n) is 0.402. The Kier molecular flexibility index (Phi) is 36.7. The molecule has 0 saturated carbocycles. The van der Waals surface area contributed by atoms with Gasteiger partial charge in [-0.2, -0.15) is 13.8 Å². The summed E-state index contributed by atoms with van der Waals surface area (Å²) < 4.78 is 5.18. The Morgan fingerprint density at radius 3 is 2.33 bits per heavy atom. The van der Waals surface area contributed by atoms with Crippen LogP contribution in [-0.4, -0.2) is 13.2 Å². The Bertz CT molecular complexity index is 92.5. The van der Waals surface area contributed by atoms with Crippen molar-refractivity contribution in [1.29, 1.82) is 0 Å². The Labute approximate surface area is 128 Å². The number of rotatable bonds is 4. The third-order valence-corrected chi connectivity index (χ3v) is 1.03. The van der Waals surface area contributed by atoms with Gasteiger partial charge in [0, 0.05) is 39.3 Å². The molecular weight excluding hydrogens is 302 g/mol. The zero-order chi connectivity index (χ0) is 7.11. The molecule has 3 heteroatoms. The molecule has 0 aromatic heterocycles. The van der Waals surface area contributed by atoms with E-state index in [-0.39, 0.29) is 72.8 Å². The second kappa shape index (κ2) is 18.6. The third kappa shape index (κ3) is 17.9. The van der Waals surface area contributed by atoms with E-state index in [9.17, 15) is 0 Å².